The van der Waals surface area contributed by atoms with Gasteiger partial charge in [-0.1, -0.05) is 13.8 Å². The van der Waals surface area contributed by atoms with Gasteiger partial charge in [-0.2, -0.15) is 0 Å². The van der Waals surface area contributed by atoms with Gasteiger partial charge in [0.2, 0.25) is 0 Å². The first-order chi connectivity index (χ1) is 8.74. The van der Waals surface area contributed by atoms with E-state index >= 15 is 0 Å². The normalized spacial score (nSPS) is 20.7. The SMILES string of the molecule is CC1(C)COC(=O)N[C@H]1c1c(F)c(F)cc(F)c1F.Cl. The first-order valence-electron chi connectivity index (χ1n) is 5.50. The van der Waals surface area contributed by atoms with E-state index < -0.39 is 46.4 Å². The molecule has 2 rings (SSSR count). The van der Waals surface area contributed by atoms with Crippen molar-refractivity contribution in [2.75, 3.05) is 6.61 Å². The number of hydrogen-bond donors (Lipinski definition) is 1. The van der Waals surface area contributed by atoms with Gasteiger partial charge in [0, 0.05) is 11.5 Å². The molecule has 0 radical (unpaired) electrons. The molecule has 1 aromatic rings. The summed E-state index contributed by atoms with van der Waals surface area (Å²) in [5, 5.41) is 2.18. The van der Waals surface area contributed by atoms with Gasteiger partial charge >= 0.3 is 6.09 Å². The molecule has 112 valence electrons. The lowest BCUT2D eigenvalue weighted by molar-refractivity contribution is 0.0362. The van der Waals surface area contributed by atoms with Crippen molar-refractivity contribution in [3.63, 3.8) is 0 Å². The van der Waals surface area contributed by atoms with E-state index in [1.807, 2.05) is 0 Å². The summed E-state index contributed by atoms with van der Waals surface area (Å²) in [6.45, 7) is 2.98. The monoisotopic (exact) mass is 313 g/mol. The maximum Gasteiger partial charge on any atom is 0.407 e. The minimum Gasteiger partial charge on any atom is -0.449 e. The van der Waals surface area contributed by atoms with Crippen LogP contribution in [0.25, 0.3) is 0 Å². The van der Waals surface area contributed by atoms with Gasteiger partial charge < -0.3 is 10.1 Å². The molecule has 1 atom stereocenters. The van der Waals surface area contributed by atoms with Crippen molar-refractivity contribution < 1.29 is 27.1 Å². The maximum atomic E-state index is 13.7. The number of nitrogens with one attached hydrogen (secondary N) is 1. The Balaban J connectivity index is 0.00000200. The Morgan fingerprint density at radius 1 is 1.20 bits per heavy atom. The number of rotatable bonds is 1. The molecule has 1 aliphatic heterocycles. The number of amides is 1. The lowest BCUT2D eigenvalue weighted by atomic mass is 9.80. The van der Waals surface area contributed by atoms with Crippen LogP contribution in [0.2, 0.25) is 0 Å². The second kappa shape index (κ2) is 5.47. The van der Waals surface area contributed by atoms with Crippen LogP contribution < -0.4 is 5.32 Å². The Labute approximate surface area is 118 Å². The van der Waals surface area contributed by atoms with Gasteiger partial charge in [0.25, 0.3) is 0 Å². The number of hydrogen-bond acceptors (Lipinski definition) is 2. The van der Waals surface area contributed by atoms with Crippen molar-refractivity contribution in [1.82, 2.24) is 5.32 Å². The minimum absolute atomic E-state index is 0. The van der Waals surface area contributed by atoms with Gasteiger partial charge in [-0.25, -0.2) is 22.4 Å². The van der Waals surface area contributed by atoms with E-state index in [-0.39, 0.29) is 25.1 Å². The molecule has 1 fully saturated rings. The van der Waals surface area contributed by atoms with Crippen molar-refractivity contribution in [2.24, 2.45) is 5.41 Å². The van der Waals surface area contributed by atoms with E-state index in [1.165, 1.54) is 0 Å². The van der Waals surface area contributed by atoms with E-state index in [0.717, 1.165) is 0 Å². The predicted octanol–water partition coefficient (Wildman–Crippen LogP) is 3.47. The van der Waals surface area contributed by atoms with E-state index in [1.54, 1.807) is 13.8 Å². The van der Waals surface area contributed by atoms with Gasteiger partial charge in [0.05, 0.1) is 11.6 Å². The minimum atomic E-state index is -1.51. The fourth-order valence-corrected chi connectivity index (χ4v) is 2.00. The average molecular weight is 314 g/mol. The second-order valence-corrected chi connectivity index (χ2v) is 5.02. The Hall–Kier alpha value is -1.50. The summed E-state index contributed by atoms with van der Waals surface area (Å²) >= 11 is 0. The summed E-state index contributed by atoms with van der Waals surface area (Å²) in [7, 11) is 0. The molecule has 1 amide bonds. The van der Waals surface area contributed by atoms with Gasteiger partial charge in [0.15, 0.2) is 23.3 Å². The number of halogens is 5. The molecule has 1 aromatic carbocycles. The Morgan fingerprint density at radius 2 is 1.70 bits per heavy atom. The van der Waals surface area contributed by atoms with Gasteiger partial charge in [0.1, 0.15) is 6.61 Å². The molecule has 1 N–H and O–H groups in total. The summed E-state index contributed by atoms with van der Waals surface area (Å²) in [6.07, 6.45) is -0.896. The molecular formula is C12H12ClF4NO2. The van der Waals surface area contributed by atoms with Gasteiger partial charge in [-0.3, -0.25) is 0 Å². The van der Waals surface area contributed by atoms with Gasteiger partial charge in [-0.15, -0.1) is 12.4 Å². The molecule has 1 aliphatic rings. The molecule has 0 bridgehead atoms. The Bertz CT molecular complexity index is 524. The molecule has 8 heteroatoms. The van der Waals surface area contributed by atoms with Crippen LogP contribution in [0.3, 0.4) is 0 Å². The fourth-order valence-electron chi connectivity index (χ4n) is 2.00. The zero-order chi connectivity index (χ0) is 14.4. The standard InChI is InChI=1S/C12H11F4NO2.ClH/c1-12(2)4-19-11(18)17-10(12)7-8(15)5(13)3-6(14)9(7)16;/h3,10H,4H2,1-2H3,(H,17,18);1H/t10-;/m0./s1. The largest absolute Gasteiger partial charge is 0.449 e. The summed E-state index contributed by atoms with van der Waals surface area (Å²) < 4.78 is 58.5. The predicted molar refractivity (Wildman–Crippen MR) is 64.5 cm³/mol. The Morgan fingerprint density at radius 3 is 2.20 bits per heavy atom. The molecule has 0 aliphatic carbocycles. The van der Waals surface area contributed by atoms with Crippen molar-refractivity contribution in [3.05, 3.63) is 34.9 Å². The third-order valence-electron chi connectivity index (χ3n) is 3.05. The molecule has 1 saturated heterocycles. The molecule has 0 unspecified atom stereocenters. The quantitative estimate of drug-likeness (QED) is 0.637. The second-order valence-electron chi connectivity index (χ2n) is 5.02. The van der Waals surface area contributed by atoms with Crippen LogP contribution in [0.4, 0.5) is 22.4 Å². The molecule has 0 saturated carbocycles. The van der Waals surface area contributed by atoms with Crippen LogP contribution >= 0.6 is 12.4 Å². The van der Waals surface area contributed by atoms with Crippen molar-refractivity contribution in [3.8, 4) is 0 Å². The summed E-state index contributed by atoms with van der Waals surface area (Å²) in [4.78, 5) is 11.2. The van der Waals surface area contributed by atoms with Crippen LogP contribution in [0, 0.1) is 28.7 Å². The third kappa shape index (κ3) is 2.67. The molecule has 20 heavy (non-hydrogen) atoms. The average Bonchev–Trinajstić information content (AvgIpc) is 2.32. The molecule has 0 aromatic heterocycles. The zero-order valence-electron chi connectivity index (χ0n) is 10.6. The van der Waals surface area contributed by atoms with Crippen LogP contribution in [0.5, 0.6) is 0 Å². The molecule has 3 nitrogen and oxygen atoms in total. The van der Waals surface area contributed by atoms with Crippen LogP contribution in [0.15, 0.2) is 6.07 Å². The van der Waals surface area contributed by atoms with Crippen LogP contribution in [-0.2, 0) is 4.74 Å². The van der Waals surface area contributed by atoms with E-state index in [2.05, 4.69) is 5.32 Å². The highest BCUT2D eigenvalue weighted by Crippen LogP contribution is 2.39. The molecular weight excluding hydrogens is 302 g/mol. The third-order valence-corrected chi connectivity index (χ3v) is 3.05. The van der Waals surface area contributed by atoms with Crippen molar-refractivity contribution in [2.45, 2.75) is 19.9 Å². The highest BCUT2D eigenvalue weighted by atomic mass is 35.5. The first kappa shape index (κ1) is 16.6. The summed E-state index contributed by atoms with van der Waals surface area (Å²) in [6, 6.07) is -1.10. The number of carbonyl (C=O) groups excluding carboxylic acids is 1. The van der Waals surface area contributed by atoms with E-state index in [4.69, 9.17) is 4.74 Å². The van der Waals surface area contributed by atoms with Crippen molar-refractivity contribution >= 4 is 18.5 Å². The number of carbonyl (C=O) groups is 1. The maximum absolute atomic E-state index is 13.7. The smallest absolute Gasteiger partial charge is 0.407 e. The lowest BCUT2D eigenvalue weighted by Crippen LogP contribution is -2.47. The first-order valence-corrected chi connectivity index (χ1v) is 5.50. The highest BCUT2D eigenvalue weighted by Gasteiger charge is 2.42. The highest BCUT2D eigenvalue weighted by molar-refractivity contribution is 5.85. The van der Waals surface area contributed by atoms with Gasteiger partial charge in [-0.05, 0) is 0 Å². The summed E-state index contributed by atoms with van der Waals surface area (Å²) in [5.41, 5.74) is -1.75. The fraction of sp³-hybridized carbons (Fsp3) is 0.417. The van der Waals surface area contributed by atoms with Crippen molar-refractivity contribution in [1.29, 1.82) is 0 Å². The van der Waals surface area contributed by atoms with E-state index in [0.29, 0.717) is 0 Å². The topological polar surface area (TPSA) is 38.3 Å². The van der Waals surface area contributed by atoms with Crippen LogP contribution in [-0.4, -0.2) is 12.7 Å². The number of benzene rings is 1. The number of cyclic esters (lactones) is 1. The lowest BCUT2D eigenvalue weighted by Gasteiger charge is -2.38. The molecule has 0 spiro atoms. The van der Waals surface area contributed by atoms with Crippen LogP contribution in [0.1, 0.15) is 25.5 Å². The zero-order valence-corrected chi connectivity index (χ0v) is 11.4. The number of alkyl carbamates (subject to hydrolysis) is 1. The summed E-state index contributed by atoms with van der Waals surface area (Å²) in [5.74, 6) is -6.05. The molecule has 1 heterocycles. The number of ether oxygens (including phenoxy) is 1. The van der Waals surface area contributed by atoms with E-state index in [9.17, 15) is 22.4 Å². The Kier molecular flexibility index (Phi) is 4.53.